The van der Waals surface area contributed by atoms with E-state index in [1.54, 1.807) is 18.7 Å². The summed E-state index contributed by atoms with van der Waals surface area (Å²) < 4.78 is 27.0. The number of urea groups is 1. The molecule has 23 heavy (non-hydrogen) atoms. The van der Waals surface area contributed by atoms with Crippen LogP contribution in [0.1, 0.15) is 39.5 Å². The number of sulfonamides is 1. The fraction of sp³-hybridized carbons (Fsp3) is 0.933. The molecule has 134 valence electrons. The third-order valence-corrected chi connectivity index (χ3v) is 6.80. The average Bonchev–Trinajstić information content (AvgIpc) is 3.05. The molecule has 7 nitrogen and oxygen atoms in total. The van der Waals surface area contributed by atoms with Crippen molar-refractivity contribution in [1.29, 1.82) is 0 Å². The first-order valence-corrected chi connectivity index (χ1v) is 9.96. The van der Waals surface area contributed by atoms with Crippen molar-refractivity contribution in [3.8, 4) is 0 Å². The molecule has 1 heterocycles. The maximum absolute atomic E-state index is 12.4. The smallest absolute Gasteiger partial charge is 0.317 e. The summed E-state index contributed by atoms with van der Waals surface area (Å²) in [5, 5.41) is 2.56. The quantitative estimate of drug-likeness (QED) is 0.763. The van der Waals surface area contributed by atoms with Gasteiger partial charge in [0.25, 0.3) is 0 Å². The van der Waals surface area contributed by atoms with E-state index in [2.05, 4.69) is 29.0 Å². The van der Waals surface area contributed by atoms with Gasteiger partial charge in [-0.05, 0) is 53.6 Å². The van der Waals surface area contributed by atoms with Crippen LogP contribution in [0.3, 0.4) is 0 Å². The molecule has 1 saturated heterocycles. The summed E-state index contributed by atoms with van der Waals surface area (Å²) in [6, 6.07) is 0.461. The third-order valence-electron chi connectivity index (χ3n) is 4.73. The van der Waals surface area contributed by atoms with Gasteiger partial charge in [0.2, 0.25) is 10.0 Å². The average molecular weight is 346 g/mol. The summed E-state index contributed by atoms with van der Waals surface area (Å²) >= 11 is 0. The topological polar surface area (TPSA) is 81.8 Å². The summed E-state index contributed by atoms with van der Waals surface area (Å²) in [6.07, 6.45) is 3.54. The zero-order chi connectivity index (χ0) is 17.2. The highest BCUT2D eigenvalue weighted by atomic mass is 32.2. The van der Waals surface area contributed by atoms with E-state index in [1.165, 1.54) is 0 Å². The van der Waals surface area contributed by atoms with E-state index >= 15 is 0 Å². The second-order valence-corrected chi connectivity index (χ2v) is 9.24. The van der Waals surface area contributed by atoms with Crippen LogP contribution in [0.2, 0.25) is 0 Å². The molecular weight excluding hydrogens is 316 g/mol. The van der Waals surface area contributed by atoms with Crippen LogP contribution in [0.4, 0.5) is 4.79 Å². The normalized spacial score (nSPS) is 28.8. The number of nitrogens with zero attached hydrogens (tertiary/aromatic N) is 2. The van der Waals surface area contributed by atoms with Crippen molar-refractivity contribution in [3.05, 3.63) is 0 Å². The molecule has 0 unspecified atom stereocenters. The van der Waals surface area contributed by atoms with E-state index in [-0.39, 0.29) is 24.7 Å². The van der Waals surface area contributed by atoms with Crippen LogP contribution in [-0.2, 0) is 10.0 Å². The molecule has 1 aliphatic carbocycles. The van der Waals surface area contributed by atoms with Crippen molar-refractivity contribution in [2.24, 2.45) is 0 Å². The Hall–Kier alpha value is -0.860. The van der Waals surface area contributed by atoms with Crippen molar-refractivity contribution in [1.82, 2.24) is 19.8 Å². The van der Waals surface area contributed by atoms with Gasteiger partial charge in [0.05, 0.1) is 5.25 Å². The van der Waals surface area contributed by atoms with E-state index in [4.69, 9.17) is 0 Å². The second-order valence-electron chi connectivity index (χ2n) is 7.25. The van der Waals surface area contributed by atoms with Gasteiger partial charge in [0.15, 0.2) is 0 Å². The lowest BCUT2D eigenvalue weighted by Gasteiger charge is -2.22. The molecule has 0 aromatic heterocycles. The molecule has 0 radical (unpaired) electrons. The summed E-state index contributed by atoms with van der Waals surface area (Å²) in [5.74, 6) is 0. The highest BCUT2D eigenvalue weighted by molar-refractivity contribution is 7.90. The van der Waals surface area contributed by atoms with E-state index in [0.29, 0.717) is 19.0 Å². The minimum Gasteiger partial charge on any atom is -0.335 e. The molecule has 1 saturated carbocycles. The number of likely N-dealkylation sites (tertiary alicyclic amines) is 1. The predicted molar refractivity (Wildman–Crippen MR) is 90.8 cm³/mol. The molecule has 2 fully saturated rings. The van der Waals surface area contributed by atoms with Crippen LogP contribution in [0.5, 0.6) is 0 Å². The fourth-order valence-electron chi connectivity index (χ4n) is 3.41. The summed E-state index contributed by atoms with van der Waals surface area (Å²) in [6.45, 7) is 4.38. The Bertz CT molecular complexity index is 521. The molecule has 2 amide bonds. The largest absolute Gasteiger partial charge is 0.335 e. The zero-order valence-electron chi connectivity index (χ0n) is 14.6. The van der Waals surface area contributed by atoms with Crippen LogP contribution in [0, 0.1) is 0 Å². The Morgan fingerprint density at radius 1 is 1.22 bits per heavy atom. The maximum Gasteiger partial charge on any atom is 0.317 e. The van der Waals surface area contributed by atoms with Gasteiger partial charge in [-0.3, -0.25) is 0 Å². The number of nitrogens with one attached hydrogen (secondary N) is 2. The highest BCUT2D eigenvalue weighted by Crippen LogP contribution is 2.23. The first kappa shape index (κ1) is 18.5. The molecular formula is C15H30N4O3S. The molecule has 3 atom stereocenters. The van der Waals surface area contributed by atoms with Crippen LogP contribution in [0.15, 0.2) is 0 Å². The zero-order valence-corrected chi connectivity index (χ0v) is 15.4. The molecule has 0 aromatic carbocycles. The molecule has 2 rings (SSSR count). The van der Waals surface area contributed by atoms with E-state index in [1.807, 2.05) is 0 Å². The number of rotatable bonds is 5. The minimum absolute atomic E-state index is 0.121. The molecule has 2 N–H and O–H groups in total. The van der Waals surface area contributed by atoms with Crippen molar-refractivity contribution < 1.29 is 13.2 Å². The lowest BCUT2D eigenvalue weighted by molar-refractivity contribution is 0.203. The van der Waals surface area contributed by atoms with Gasteiger partial charge in [0.1, 0.15) is 0 Å². The lowest BCUT2D eigenvalue weighted by atomic mass is 10.2. The molecule has 2 aliphatic rings. The summed E-state index contributed by atoms with van der Waals surface area (Å²) in [4.78, 5) is 16.2. The Kier molecular flexibility index (Phi) is 5.91. The molecule has 0 bridgehead atoms. The van der Waals surface area contributed by atoms with Gasteiger partial charge in [-0.15, -0.1) is 0 Å². The molecule has 0 spiro atoms. The first-order valence-electron chi connectivity index (χ1n) is 8.42. The summed E-state index contributed by atoms with van der Waals surface area (Å²) in [7, 11) is 0.773. The molecule has 8 heteroatoms. The Morgan fingerprint density at radius 3 is 2.48 bits per heavy atom. The Labute approximate surface area is 139 Å². The lowest BCUT2D eigenvalue weighted by Crippen LogP contribution is -2.45. The van der Waals surface area contributed by atoms with Crippen molar-refractivity contribution in [2.75, 3.05) is 27.2 Å². The first-order chi connectivity index (χ1) is 10.7. The van der Waals surface area contributed by atoms with Gasteiger partial charge in [0, 0.05) is 31.2 Å². The number of hydrogen-bond donors (Lipinski definition) is 2. The predicted octanol–water partition coefficient (Wildman–Crippen LogP) is 0.581. The van der Waals surface area contributed by atoms with E-state index < -0.39 is 15.3 Å². The molecule has 0 aromatic rings. The highest BCUT2D eigenvalue weighted by Gasteiger charge is 2.36. The van der Waals surface area contributed by atoms with Crippen LogP contribution >= 0.6 is 0 Å². The Morgan fingerprint density at radius 2 is 1.91 bits per heavy atom. The third kappa shape index (κ3) is 4.81. The van der Waals surface area contributed by atoms with Gasteiger partial charge < -0.3 is 15.1 Å². The maximum atomic E-state index is 12.4. The van der Waals surface area contributed by atoms with Crippen LogP contribution < -0.4 is 10.0 Å². The minimum atomic E-state index is -3.35. The van der Waals surface area contributed by atoms with Gasteiger partial charge in [-0.1, -0.05) is 0 Å². The number of amides is 2. The van der Waals surface area contributed by atoms with Crippen LogP contribution in [-0.4, -0.2) is 74.8 Å². The number of carbonyl (C=O) groups excluding carboxylic acids is 1. The fourth-order valence-corrected chi connectivity index (χ4v) is 5.06. The van der Waals surface area contributed by atoms with Crippen molar-refractivity contribution in [3.63, 3.8) is 0 Å². The van der Waals surface area contributed by atoms with Gasteiger partial charge >= 0.3 is 6.03 Å². The summed E-state index contributed by atoms with van der Waals surface area (Å²) in [5.41, 5.74) is 0. The van der Waals surface area contributed by atoms with Gasteiger partial charge in [-0.25, -0.2) is 17.9 Å². The van der Waals surface area contributed by atoms with Crippen LogP contribution in [0.25, 0.3) is 0 Å². The van der Waals surface area contributed by atoms with E-state index in [0.717, 1.165) is 19.3 Å². The Balaban J connectivity index is 1.84. The number of hydrogen-bond acceptors (Lipinski definition) is 4. The van der Waals surface area contributed by atoms with E-state index in [9.17, 15) is 13.2 Å². The van der Waals surface area contributed by atoms with Crippen molar-refractivity contribution >= 4 is 16.1 Å². The standard InChI is InChI=1S/C15H30N4O3S/c1-11(2)17-23(21,22)14-7-8-19(10-14)15(20)16-12-5-6-13(9-12)18(3)4/h11-14,17H,5-10H2,1-4H3,(H,16,20)/t12-,13+,14+/m0/s1. The number of carbonyl (C=O) groups is 1. The molecule has 1 aliphatic heterocycles. The van der Waals surface area contributed by atoms with Gasteiger partial charge in [-0.2, -0.15) is 0 Å². The monoisotopic (exact) mass is 346 g/mol. The van der Waals surface area contributed by atoms with Crippen molar-refractivity contribution in [2.45, 2.75) is 62.9 Å². The second kappa shape index (κ2) is 7.36. The SMILES string of the molecule is CC(C)NS(=O)(=O)[C@@H]1CCN(C(=O)N[C@H]2CC[C@@H](N(C)C)C2)C1.